The summed E-state index contributed by atoms with van der Waals surface area (Å²) in [5, 5.41) is 0. The summed E-state index contributed by atoms with van der Waals surface area (Å²) in [4.78, 5) is 17.1. The summed E-state index contributed by atoms with van der Waals surface area (Å²) in [6.45, 7) is 6.22. The molecule has 2 aromatic carbocycles. The zero-order chi connectivity index (χ0) is 18.5. The van der Waals surface area contributed by atoms with Gasteiger partial charge in [-0.1, -0.05) is 36.4 Å². The number of benzene rings is 2. The molecule has 2 heterocycles. The van der Waals surface area contributed by atoms with Gasteiger partial charge in [-0.2, -0.15) is 0 Å². The molecule has 1 fully saturated rings. The van der Waals surface area contributed by atoms with Crippen molar-refractivity contribution in [3.63, 3.8) is 0 Å². The van der Waals surface area contributed by atoms with Gasteiger partial charge in [0.25, 0.3) is 0 Å². The highest BCUT2D eigenvalue weighted by atomic mass is 16.5. The van der Waals surface area contributed by atoms with Crippen LogP contribution in [0, 0.1) is 0 Å². The van der Waals surface area contributed by atoms with Gasteiger partial charge in [-0.25, -0.2) is 0 Å². The van der Waals surface area contributed by atoms with E-state index in [1.807, 2.05) is 35.2 Å². The quantitative estimate of drug-likeness (QED) is 0.834. The summed E-state index contributed by atoms with van der Waals surface area (Å²) in [7, 11) is 0. The Morgan fingerprint density at radius 3 is 2.56 bits per heavy atom. The van der Waals surface area contributed by atoms with E-state index in [0.717, 1.165) is 49.7 Å². The molecule has 2 aliphatic rings. The van der Waals surface area contributed by atoms with Crippen molar-refractivity contribution in [1.29, 1.82) is 0 Å². The van der Waals surface area contributed by atoms with Gasteiger partial charge in [-0.15, -0.1) is 0 Å². The average Bonchev–Trinajstić information content (AvgIpc) is 2.92. The van der Waals surface area contributed by atoms with E-state index in [4.69, 9.17) is 9.47 Å². The predicted octanol–water partition coefficient (Wildman–Crippen LogP) is 2.48. The van der Waals surface area contributed by atoms with Crippen LogP contribution in [0.15, 0.2) is 48.5 Å². The fourth-order valence-electron chi connectivity index (χ4n) is 3.66. The number of fused-ring (bicyclic) bond motifs is 1. The Balaban J connectivity index is 1.45. The van der Waals surface area contributed by atoms with Crippen molar-refractivity contribution < 1.29 is 14.3 Å². The number of morpholine rings is 1. The molecular formula is C22H26N2O3. The van der Waals surface area contributed by atoms with Gasteiger partial charge in [0.1, 0.15) is 12.4 Å². The highest BCUT2D eigenvalue weighted by Gasteiger charge is 2.21. The van der Waals surface area contributed by atoms with E-state index in [1.54, 1.807) is 0 Å². The third kappa shape index (κ3) is 4.67. The van der Waals surface area contributed by atoms with Gasteiger partial charge in [0, 0.05) is 31.7 Å². The minimum absolute atomic E-state index is 0.149. The van der Waals surface area contributed by atoms with Crippen molar-refractivity contribution in [2.45, 2.75) is 19.5 Å². The van der Waals surface area contributed by atoms with Crippen molar-refractivity contribution in [1.82, 2.24) is 9.80 Å². The van der Waals surface area contributed by atoms with Crippen LogP contribution in [0.25, 0.3) is 0 Å². The number of nitrogens with zero attached hydrogens (tertiary/aromatic N) is 2. The predicted molar refractivity (Wildman–Crippen MR) is 104 cm³/mol. The number of hydrogen-bond donors (Lipinski definition) is 0. The Morgan fingerprint density at radius 2 is 1.74 bits per heavy atom. The summed E-state index contributed by atoms with van der Waals surface area (Å²) in [5.41, 5.74) is 3.41. The highest BCUT2D eigenvalue weighted by Crippen LogP contribution is 2.25. The first-order chi connectivity index (χ1) is 13.3. The van der Waals surface area contributed by atoms with E-state index in [0.29, 0.717) is 26.1 Å². The van der Waals surface area contributed by atoms with Crippen LogP contribution in [0.5, 0.6) is 5.75 Å². The van der Waals surface area contributed by atoms with Crippen LogP contribution in [-0.4, -0.2) is 55.2 Å². The van der Waals surface area contributed by atoms with Gasteiger partial charge < -0.3 is 14.4 Å². The third-order valence-electron chi connectivity index (χ3n) is 5.17. The van der Waals surface area contributed by atoms with E-state index in [1.165, 1.54) is 5.56 Å². The lowest BCUT2D eigenvalue weighted by atomic mass is 10.1. The van der Waals surface area contributed by atoms with Gasteiger partial charge in [0.15, 0.2) is 0 Å². The van der Waals surface area contributed by atoms with Crippen molar-refractivity contribution in [3.8, 4) is 5.75 Å². The molecule has 0 bridgehead atoms. The largest absolute Gasteiger partial charge is 0.491 e. The molecule has 27 heavy (non-hydrogen) atoms. The lowest BCUT2D eigenvalue weighted by Gasteiger charge is -2.27. The Kier molecular flexibility index (Phi) is 5.70. The van der Waals surface area contributed by atoms with E-state index in [-0.39, 0.29) is 5.91 Å². The molecule has 0 radical (unpaired) electrons. The van der Waals surface area contributed by atoms with Crippen LogP contribution in [-0.2, 0) is 29.0 Å². The highest BCUT2D eigenvalue weighted by molar-refractivity contribution is 5.79. The minimum atomic E-state index is 0.149. The van der Waals surface area contributed by atoms with Crippen LogP contribution < -0.4 is 4.74 Å². The summed E-state index contributed by atoms with van der Waals surface area (Å²) in [6.07, 6.45) is 0.434. The second kappa shape index (κ2) is 8.55. The van der Waals surface area contributed by atoms with Crippen molar-refractivity contribution in [2.75, 3.05) is 39.5 Å². The van der Waals surface area contributed by atoms with Gasteiger partial charge in [0.05, 0.1) is 26.2 Å². The number of ether oxygens (including phenoxy) is 2. The second-order valence-electron chi connectivity index (χ2n) is 7.16. The van der Waals surface area contributed by atoms with E-state index in [2.05, 4.69) is 23.1 Å². The molecule has 142 valence electrons. The molecule has 1 saturated heterocycles. The van der Waals surface area contributed by atoms with Crippen LogP contribution in [0.1, 0.15) is 16.7 Å². The number of carbonyl (C=O) groups is 1. The first-order valence-electron chi connectivity index (χ1n) is 9.64. The number of hydrogen-bond acceptors (Lipinski definition) is 4. The summed E-state index contributed by atoms with van der Waals surface area (Å²) in [5.74, 6) is 1.05. The fraction of sp³-hybridized carbons (Fsp3) is 0.409. The maximum atomic E-state index is 12.8. The molecule has 4 rings (SSSR count). The standard InChI is InChI=1S/C22H26N2O3/c25-22(15-18-4-2-1-3-5-18)24-10-13-27-21-7-6-19(14-20(21)17-24)16-23-8-11-26-12-9-23/h1-7,14H,8-13,15-17H2. The zero-order valence-electron chi connectivity index (χ0n) is 15.6. The number of rotatable bonds is 4. The monoisotopic (exact) mass is 366 g/mol. The lowest BCUT2D eigenvalue weighted by Crippen LogP contribution is -2.35. The molecular weight excluding hydrogens is 340 g/mol. The molecule has 1 amide bonds. The zero-order valence-corrected chi connectivity index (χ0v) is 15.6. The third-order valence-corrected chi connectivity index (χ3v) is 5.17. The van der Waals surface area contributed by atoms with E-state index in [9.17, 15) is 4.79 Å². The van der Waals surface area contributed by atoms with Crippen LogP contribution in [0.3, 0.4) is 0 Å². The first kappa shape index (κ1) is 18.0. The molecule has 0 aliphatic carbocycles. The SMILES string of the molecule is O=C(Cc1ccccc1)N1CCOc2ccc(CN3CCOCC3)cc2C1. The van der Waals surface area contributed by atoms with Crippen LogP contribution in [0.4, 0.5) is 0 Å². The molecule has 0 atom stereocenters. The molecule has 5 nitrogen and oxygen atoms in total. The topological polar surface area (TPSA) is 42.0 Å². The van der Waals surface area contributed by atoms with E-state index >= 15 is 0 Å². The molecule has 5 heteroatoms. The van der Waals surface area contributed by atoms with Crippen LogP contribution >= 0.6 is 0 Å². The normalized spacial score (nSPS) is 17.7. The number of amides is 1. The summed E-state index contributed by atoms with van der Waals surface area (Å²) < 4.78 is 11.3. The maximum absolute atomic E-state index is 12.8. The Bertz CT molecular complexity index is 772. The summed E-state index contributed by atoms with van der Waals surface area (Å²) in [6, 6.07) is 16.3. The van der Waals surface area contributed by atoms with Crippen molar-refractivity contribution in [2.24, 2.45) is 0 Å². The number of carbonyl (C=O) groups excluding carboxylic acids is 1. The van der Waals surface area contributed by atoms with Gasteiger partial charge in [-0.3, -0.25) is 9.69 Å². The first-order valence-corrected chi connectivity index (χ1v) is 9.64. The Labute approximate surface area is 160 Å². The molecule has 0 N–H and O–H groups in total. The average molecular weight is 366 g/mol. The molecule has 2 aliphatic heterocycles. The second-order valence-corrected chi connectivity index (χ2v) is 7.16. The fourth-order valence-corrected chi connectivity index (χ4v) is 3.66. The lowest BCUT2D eigenvalue weighted by molar-refractivity contribution is -0.131. The van der Waals surface area contributed by atoms with Crippen molar-refractivity contribution in [3.05, 3.63) is 65.2 Å². The van der Waals surface area contributed by atoms with E-state index < -0.39 is 0 Å². The van der Waals surface area contributed by atoms with Gasteiger partial charge in [-0.05, 0) is 23.3 Å². The van der Waals surface area contributed by atoms with Gasteiger partial charge >= 0.3 is 0 Å². The van der Waals surface area contributed by atoms with Crippen molar-refractivity contribution >= 4 is 5.91 Å². The molecule has 0 unspecified atom stereocenters. The Hall–Kier alpha value is -2.37. The van der Waals surface area contributed by atoms with Gasteiger partial charge in [0.2, 0.25) is 5.91 Å². The molecule has 0 saturated carbocycles. The Morgan fingerprint density at radius 1 is 0.926 bits per heavy atom. The molecule has 0 aromatic heterocycles. The summed E-state index contributed by atoms with van der Waals surface area (Å²) >= 11 is 0. The van der Waals surface area contributed by atoms with Crippen LogP contribution in [0.2, 0.25) is 0 Å². The maximum Gasteiger partial charge on any atom is 0.227 e. The smallest absolute Gasteiger partial charge is 0.227 e. The molecule has 2 aromatic rings. The molecule has 0 spiro atoms. The minimum Gasteiger partial charge on any atom is -0.491 e.